The van der Waals surface area contributed by atoms with Crippen LogP contribution in [0.25, 0.3) is 0 Å². The normalized spacial score (nSPS) is 53.9. The lowest BCUT2D eigenvalue weighted by Gasteiger charge is -2.61. The Bertz CT molecular complexity index is 569. The van der Waals surface area contributed by atoms with E-state index in [1.807, 2.05) is 0 Å². The van der Waals surface area contributed by atoms with Gasteiger partial charge in [0.05, 0.1) is 6.10 Å². The van der Waals surface area contributed by atoms with Crippen molar-refractivity contribution in [1.82, 2.24) is 0 Å². The lowest BCUT2D eigenvalue weighted by molar-refractivity contribution is -0.168. The predicted molar refractivity (Wildman–Crippen MR) is 92.3 cm³/mol. The first kappa shape index (κ1) is 16.8. The van der Waals surface area contributed by atoms with Crippen LogP contribution in [-0.4, -0.2) is 22.8 Å². The number of carbonyl (C=O) groups excluding carboxylic acids is 2. The average Bonchev–Trinajstić information content (AvgIpc) is 2.86. The Morgan fingerprint density at radius 1 is 1.08 bits per heavy atom. The van der Waals surface area contributed by atoms with Crippen LogP contribution in [0.3, 0.4) is 0 Å². The van der Waals surface area contributed by atoms with Crippen molar-refractivity contribution in [3.05, 3.63) is 0 Å². The maximum atomic E-state index is 12.2. The van der Waals surface area contributed by atoms with E-state index in [9.17, 15) is 14.7 Å². The third kappa shape index (κ3) is 2.12. The highest BCUT2D eigenvalue weighted by atomic mass is 16.3. The highest BCUT2D eigenvalue weighted by Crippen LogP contribution is 2.67. The third-order valence-electron chi connectivity index (χ3n) is 8.99. The first-order valence-corrected chi connectivity index (χ1v) is 9.97. The van der Waals surface area contributed by atoms with Gasteiger partial charge < -0.3 is 5.11 Å². The van der Waals surface area contributed by atoms with Gasteiger partial charge in [-0.1, -0.05) is 13.8 Å². The summed E-state index contributed by atoms with van der Waals surface area (Å²) in [6.07, 6.45) is 7.26. The molecule has 8 atom stereocenters. The van der Waals surface area contributed by atoms with Gasteiger partial charge in [-0.2, -0.15) is 0 Å². The summed E-state index contributed by atoms with van der Waals surface area (Å²) in [6.45, 7) is 6.47. The van der Waals surface area contributed by atoms with Gasteiger partial charge in [-0.15, -0.1) is 0 Å². The van der Waals surface area contributed by atoms with Crippen LogP contribution in [0.1, 0.15) is 72.1 Å². The molecule has 0 bridgehead atoms. The molecule has 4 fully saturated rings. The Morgan fingerprint density at radius 2 is 1.79 bits per heavy atom. The number of aliphatic hydroxyl groups is 1. The smallest absolute Gasteiger partial charge is 0.133 e. The molecule has 0 aromatic rings. The van der Waals surface area contributed by atoms with Gasteiger partial charge in [0, 0.05) is 18.8 Å². The van der Waals surface area contributed by atoms with Crippen LogP contribution in [0.2, 0.25) is 0 Å². The Labute approximate surface area is 145 Å². The molecule has 4 saturated carbocycles. The van der Waals surface area contributed by atoms with E-state index in [0.717, 1.165) is 44.9 Å². The molecule has 0 aliphatic heterocycles. The standard InChI is InChI=1S/C21H32O3/c1-12(22)15-4-5-16-19-17(7-9-21(15,16)3)20(2)8-6-14(23)10-13(20)11-18(19)24/h13,15-19,24H,4-11H2,1-3H3/t13-,15-,16+,17+,18-,19+,20+,21-/m1/s1. The minimum Gasteiger partial charge on any atom is -0.393 e. The van der Waals surface area contributed by atoms with Gasteiger partial charge in [0.25, 0.3) is 0 Å². The summed E-state index contributed by atoms with van der Waals surface area (Å²) < 4.78 is 0. The van der Waals surface area contributed by atoms with E-state index in [0.29, 0.717) is 41.7 Å². The fourth-order valence-corrected chi connectivity index (χ4v) is 7.68. The van der Waals surface area contributed by atoms with Gasteiger partial charge in [0.15, 0.2) is 0 Å². The molecular formula is C21H32O3. The number of carbonyl (C=O) groups is 2. The third-order valence-corrected chi connectivity index (χ3v) is 8.99. The number of fused-ring (bicyclic) bond motifs is 5. The van der Waals surface area contributed by atoms with Crippen molar-refractivity contribution in [3.8, 4) is 0 Å². The molecule has 0 amide bonds. The van der Waals surface area contributed by atoms with E-state index in [1.54, 1.807) is 6.92 Å². The molecule has 3 heteroatoms. The maximum Gasteiger partial charge on any atom is 0.133 e. The van der Waals surface area contributed by atoms with Crippen molar-refractivity contribution in [1.29, 1.82) is 0 Å². The van der Waals surface area contributed by atoms with E-state index in [-0.39, 0.29) is 22.9 Å². The van der Waals surface area contributed by atoms with E-state index < -0.39 is 0 Å². The van der Waals surface area contributed by atoms with Crippen LogP contribution < -0.4 is 0 Å². The second-order valence-corrected chi connectivity index (χ2v) is 9.82. The van der Waals surface area contributed by atoms with Crippen LogP contribution in [0.5, 0.6) is 0 Å². The summed E-state index contributed by atoms with van der Waals surface area (Å²) in [7, 11) is 0. The fourth-order valence-electron chi connectivity index (χ4n) is 7.68. The summed E-state index contributed by atoms with van der Waals surface area (Å²) >= 11 is 0. The number of hydrogen-bond acceptors (Lipinski definition) is 3. The molecule has 0 aromatic carbocycles. The predicted octanol–water partition coefficient (Wildman–Crippen LogP) is 3.77. The number of aliphatic hydroxyl groups excluding tert-OH is 1. The number of ketones is 2. The van der Waals surface area contributed by atoms with Crippen LogP contribution in [0, 0.1) is 40.4 Å². The SMILES string of the molecule is CC(=O)[C@H]1CC[C@H]2[C@@H]3[C@H](O)C[C@H]4CC(=O)CC[C@]4(C)[C@H]3CC[C@]12C. The van der Waals surface area contributed by atoms with E-state index in [1.165, 1.54) is 0 Å². The summed E-state index contributed by atoms with van der Waals surface area (Å²) in [4.78, 5) is 24.1. The van der Waals surface area contributed by atoms with Gasteiger partial charge in [-0.25, -0.2) is 0 Å². The number of rotatable bonds is 1. The summed E-state index contributed by atoms with van der Waals surface area (Å²) in [5.74, 6) is 2.64. The molecule has 0 spiro atoms. The van der Waals surface area contributed by atoms with Gasteiger partial charge in [-0.05, 0) is 80.0 Å². The molecule has 0 radical (unpaired) electrons. The van der Waals surface area contributed by atoms with Crippen molar-refractivity contribution in [3.63, 3.8) is 0 Å². The lowest BCUT2D eigenvalue weighted by atomic mass is 9.44. The summed E-state index contributed by atoms with van der Waals surface area (Å²) in [5.41, 5.74) is 0.301. The fraction of sp³-hybridized carbons (Fsp3) is 0.905. The number of hydrogen-bond donors (Lipinski definition) is 1. The molecule has 0 heterocycles. The monoisotopic (exact) mass is 332 g/mol. The van der Waals surface area contributed by atoms with Gasteiger partial charge in [0.1, 0.15) is 11.6 Å². The second kappa shape index (κ2) is 5.40. The molecule has 4 aliphatic rings. The minimum absolute atomic E-state index is 0.0850. The number of Topliss-reactive ketones (excluding diaryl/α,β-unsaturated/α-hetero) is 2. The zero-order valence-corrected chi connectivity index (χ0v) is 15.4. The van der Waals surface area contributed by atoms with Crippen LogP contribution >= 0.6 is 0 Å². The van der Waals surface area contributed by atoms with Crippen LogP contribution in [0.15, 0.2) is 0 Å². The van der Waals surface area contributed by atoms with Gasteiger partial charge in [-0.3, -0.25) is 9.59 Å². The van der Waals surface area contributed by atoms with Crippen LogP contribution in [-0.2, 0) is 9.59 Å². The molecule has 0 saturated heterocycles. The van der Waals surface area contributed by atoms with Gasteiger partial charge >= 0.3 is 0 Å². The highest BCUT2D eigenvalue weighted by Gasteiger charge is 2.63. The van der Waals surface area contributed by atoms with E-state index in [4.69, 9.17) is 0 Å². The highest BCUT2D eigenvalue weighted by molar-refractivity contribution is 5.80. The molecule has 3 nitrogen and oxygen atoms in total. The molecule has 24 heavy (non-hydrogen) atoms. The minimum atomic E-state index is -0.283. The van der Waals surface area contributed by atoms with E-state index in [2.05, 4.69) is 13.8 Å². The summed E-state index contributed by atoms with van der Waals surface area (Å²) in [5, 5.41) is 11.0. The molecule has 4 aliphatic carbocycles. The van der Waals surface area contributed by atoms with Crippen molar-refractivity contribution in [2.24, 2.45) is 40.4 Å². The topological polar surface area (TPSA) is 54.4 Å². The Kier molecular flexibility index (Phi) is 3.77. The van der Waals surface area contributed by atoms with E-state index >= 15 is 0 Å². The van der Waals surface area contributed by atoms with Crippen molar-refractivity contribution in [2.45, 2.75) is 78.2 Å². The molecule has 0 unspecified atom stereocenters. The Morgan fingerprint density at radius 3 is 2.50 bits per heavy atom. The molecule has 0 aromatic heterocycles. The Balaban J connectivity index is 1.67. The first-order valence-electron chi connectivity index (χ1n) is 9.97. The second-order valence-electron chi connectivity index (χ2n) is 9.82. The maximum absolute atomic E-state index is 12.2. The van der Waals surface area contributed by atoms with Crippen molar-refractivity contribution in [2.75, 3.05) is 0 Å². The van der Waals surface area contributed by atoms with Crippen LogP contribution in [0.4, 0.5) is 0 Å². The Hall–Kier alpha value is -0.700. The lowest BCUT2D eigenvalue weighted by Crippen LogP contribution is -2.58. The van der Waals surface area contributed by atoms with Crippen molar-refractivity contribution >= 4 is 11.6 Å². The quantitative estimate of drug-likeness (QED) is 0.795. The summed E-state index contributed by atoms with van der Waals surface area (Å²) in [6, 6.07) is 0. The zero-order valence-electron chi connectivity index (χ0n) is 15.4. The average molecular weight is 332 g/mol. The molecule has 4 rings (SSSR count). The zero-order chi connectivity index (χ0) is 17.3. The first-order chi connectivity index (χ1) is 11.3. The molecule has 134 valence electrons. The largest absolute Gasteiger partial charge is 0.393 e. The van der Waals surface area contributed by atoms with Gasteiger partial charge in [0.2, 0.25) is 0 Å². The van der Waals surface area contributed by atoms with Crippen molar-refractivity contribution < 1.29 is 14.7 Å². The molecular weight excluding hydrogens is 300 g/mol. The molecule has 1 N–H and O–H groups in total.